The molecule has 0 atom stereocenters. The van der Waals surface area contributed by atoms with Crippen molar-refractivity contribution in [3.8, 4) is 0 Å². The van der Waals surface area contributed by atoms with E-state index in [-0.39, 0.29) is 11.9 Å². The fourth-order valence-electron chi connectivity index (χ4n) is 0.636. The molecule has 0 radical (unpaired) electrons. The number of rotatable bonds is 5. The molecular formula is C11H22O4. The largest absolute Gasteiger partial charge is 0.466 e. The highest BCUT2D eigenvalue weighted by atomic mass is 16.5. The van der Waals surface area contributed by atoms with E-state index < -0.39 is 0 Å². The van der Waals surface area contributed by atoms with Crippen LogP contribution < -0.4 is 0 Å². The SMILES string of the molecule is CCCCOC(=O)CC.CCOC(C)=O. The summed E-state index contributed by atoms with van der Waals surface area (Å²) in [6, 6.07) is 0. The summed E-state index contributed by atoms with van der Waals surface area (Å²) in [4.78, 5) is 20.3. The molecule has 0 spiro atoms. The molecule has 0 N–H and O–H groups in total. The number of unbranched alkanes of at least 4 members (excludes halogenated alkanes) is 1. The van der Waals surface area contributed by atoms with Crippen LogP contribution in [0.4, 0.5) is 0 Å². The fourth-order valence-corrected chi connectivity index (χ4v) is 0.636. The summed E-state index contributed by atoms with van der Waals surface area (Å²) in [6.45, 7) is 8.11. The average Bonchev–Trinajstić information content (AvgIpc) is 2.18. The Balaban J connectivity index is 0. The third kappa shape index (κ3) is 19.4. The molecule has 0 aromatic carbocycles. The Hall–Kier alpha value is -1.06. The Bertz CT molecular complexity index is 166. The van der Waals surface area contributed by atoms with E-state index in [1.54, 1.807) is 13.8 Å². The van der Waals surface area contributed by atoms with E-state index in [9.17, 15) is 9.59 Å². The number of ether oxygens (including phenoxy) is 2. The van der Waals surface area contributed by atoms with E-state index >= 15 is 0 Å². The Morgan fingerprint density at radius 3 is 1.93 bits per heavy atom. The van der Waals surface area contributed by atoms with Crippen molar-refractivity contribution in [2.45, 2.75) is 47.0 Å². The van der Waals surface area contributed by atoms with Gasteiger partial charge in [0.15, 0.2) is 0 Å². The van der Waals surface area contributed by atoms with Gasteiger partial charge in [-0.25, -0.2) is 0 Å². The van der Waals surface area contributed by atoms with Crippen LogP contribution in [0.25, 0.3) is 0 Å². The van der Waals surface area contributed by atoms with Crippen molar-refractivity contribution in [1.82, 2.24) is 0 Å². The van der Waals surface area contributed by atoms with E-state index in [2.05, 4.69) is 11.7 Å². The van der Waals surface area contributed by atoms with Crippen LogP contribution in [0.1, 0.15) is 47.0 Å². The Kier molecular flexibility index (Phi) is 14.1. The smallest absolute Gasteiger partial charge is 0.305 e. The highest BCUT2D eigenvalue weighted by molar-refractivity contribution is 5.68. The second-order valence-corrected chi connectivity index (χ2v) is 2.85. The molecule has 0 saturated carbocycles. The molecule has 0 aliphatic rings. The maximum absolute atomic E-state index is 10.5. The van der Waals surface area contributed by atoms with Gasteiger partial charge in [-0.15, -0.1) is 0 Å². The van der Waals surface area contributed by atoms with E-state index in [0.29, 0.717) is 19.6 Å². The van der Waals surface area contributed by atoms with Crippen LogP contribution in [0.15, 0.2) is 0 Å². The predicted octanol–water partition coefficient (Wildman–Crippen LogP) is 2.31. The summed E-state index contributed by atoms with van der Waals surface area (Å²) < 4.78 is 9.20. The maximum Gasteiger partial charge on any atom is 0.305 e. The van der Waals surface area contributed by atoms with Gasteiger partial charge in [0.1, 0.15) is 0 Å². The Morgan fingerprint density at radius 2 is 1.67 bits per heavy atom. The van der Waals surface area contributed by atoms with Crippen LogP contribution in [0.5, 0.6) is 0 Å². The Labute approximate surface area is 91.9 Å². The lowest BCUT2D eigenvalue weighted by atomic mass is 10.4. The van der Waals surface area contributed by atoms with Crippen molar-refractivity contribution >= 4 is 11.9 Å². The van der Waals surface area contributed by atoms with Gasteiger partial charge in [-0.05, 0) is 13.3 Å². The molecule has 90 valence electrons. The molecule has 0 saturated heterocycles. The molecule has 0 aliphatic heterocycles. The van der Waals surface area contributed by atoms with Crippen molar-refractivity contribution in [1.29, 1.82) is 0 Å². The minimum atomic E-state index is -0.211. The maximum atomic E-state index is 10.5. The summed E-state index contributed by atoms with van der Waals surface area (Å²) in [5.74, 6) is -0.305. The summed E-state index contributed by atoms with van der Waals surface area (Å²) in [6.07, 6.45) is 2.55. The van der Waals surface area contributed by atoms with Gasteiger partial charge in [-0.2, -0.15) is 0 Å². The van der Waals surface area contributed by atoms with Crippen LogP contribution in [0.2, 0.25) is 0 Å². The lowest BCUT2D eigenvalue weighted by Crippen LogP contribution is -2.02. The number of esters is 2. The fraction of sp³-hybridized carbons (Fsp3) is 0.818. The first-order valence-electron chi connectivity index (χ1n) is 5.37. The van der Waals surface area contributed by atoms with Gasteiger partial charge in [-0.3, -0.25) is 9.59 Å². The summed E-state index contributed by atoms with van der Waals surface area (Å²) >= 11 is 0. The van der Waals surface area contributed by atoms with Crippen molar-refractivity contribution < 1.29 is 19.1 Å². The second kappa shape index (κ2) is 12.9. The minimum absolute atomic E-state index is 0.0940. The monoisotopic (exact) mass is 218 g/mol. The van der Waals surface area contributed by atoms with Crippen LogP contribution in [0.3, 0.4) is 0 Å². The van der Waals surface area contributed by atoms with Gasteiger partial charge in [0.2, 0.25) is 0 Å². The van der Waals surface area contributed by atoms with E-state index in [4.69, 9.17) is 4.74 Å². The standard InChI is InChI=1S/C7H14O2.C4H8O2/c1-3-5-6-9-7(8)4-2;1-3-6-4(2)5/h3-6H2,1-2H3;3H2,1-2H3. The number of hydrogen-bond donors (Lipinski definition) is 0. The van der Waals surface area contributed by atoms with Crippen molar-refractivity contribution in [3.05, 3.63) is 0 Å². The Morgan fingerprint density at radius 1 is 1.07 bits per heavy atom. The number of carbonyl (C=O) groups excluding carboxylic acids is 2. The van der Waals surface area contributed by atoms with Crippen molar-refractivity contribution in [2.75, 3.05) is 13.2 Å². The molecule has 4 heteroatoms. The van der Waals surface area contributed by atoms with Gasteiger partial charge < -0.3 is 9.47 Å². The quantitative estimate of drug-likeness (QED) is 0.525. The van der Waals surface area contributed by atoms with Crippen LogP contribution in [0, 0.1) is 0 Å². The highest BCUT2D eigenvalue weighted by Gasteiger charge is 1.94. The zero-order chi connectivity index (χ0) is 12.1. The first kappa shape index (κ1) is 16.4. The van der Waals surface area contributed by atoms with E-state index in [1.807, 2.05) is 0 Å². The van der Waals surface area contributed by atoms with Gasteiger partial charge >= 0.3 is 11.9 Å². The molecule has 0 rings (SSSR count). The topological polar surface area (TPSA) is 52.6 Å². The predicted molar refractivity (Wildman–Crippen MR) is 58.5 cm³/mol. The lowest BCUT2D eigenvalue weighted by molar-refractivity contribution is -0.143. The van der Waals surface area contributed by atoms with Gasteiger partial charge in [0, 0.05) is 13.3 Å². The summed E-state index contributed by atoms with van der Waals surface area (Å²) in [5, 5.41) is 0. The van der Waals surface area contributed by atoms with Gasteiger partial charge in [0.25, 0.3) is 0 Å². The molecule has 0 fully saturated rings. The van der Waals surface area contributed by atoms with E-state index in [0.717, 1.165) is 12.8 Å². The van der Waals surface area contributed by atoms with Gasteiger partial charge in [-0.1, -0.05) is 20.3 Å². The lowest BCUT2D eigenvalue weighted by Gasteiger charge is -1.99. The molecular weight excluding hydrogens is 196 g/mol. The first-order valence-corrected chi connectivity index (χ1v) is 5.37. The highest BCUT2D eigenvalue weighted by Crippen LogP contribution is 1.90. The van der Waals surface area contributed by atoms with Crippen LogP contribution in [-0.2, 0) is 19.1 Å². The molecule has 4 nitrogen and oxygen atoms in total. The molecule has 0 heterocycles. The van der Waals surface area contributed by atoms with Crippen molar-refractivity contribution in [2.24, 2.45) is 0 Å². The molecule has 0 aromatic rings. The summed E-state index contributed by atoms with van der Waals surface area (Å²) in [7, 11) is 0. The first-order chi connectivity index (χ1) is 7.08. The number of hydrogen-bond acceptors (Lipinski definition) is 4. The third-order valence-electron chi connectivity index (χ3n) is 1.40. The van der Waals surface area contributed by atoms with Crippen LogP contribution >= 0.6 is 0 Å². The van der Waals surface area contributed by atoms with Crippen LogP contribution in [-0.4, -0.2) is 25.2 Å². The molecule has 15 heavy (non-hydrogen) atoms. The molecule has 0 amide bonds. The molecule has 0 bridgehead atoms. The molecule has 0 aliphatic carbocycles. The molecule has 0 unspecified atom stereocenters. The normalized spacial score (nSPS) is 8.53. The molecule has 0 aromatic heterocycles. The summed E-state index contributed by atoms with van der Waals surface area (Å²) in [5.41, 5.74) is 0. The average molecular weight is 218 g/mol. The second-order valence-electron chi connectivity index (χ2n) is 2.85. The zero-order valence-electron chi connectivity index (χ0n) is 10.2. The zero-order valence-corrected chi connectivity index (χ0v) is 10.2. The number of carbonyl (C=O) groups is 2. The van der Waals surface area contributed by atoms with E-state index in [1.165, 1.54) is 6.92 Å². The van der Waals surface area contributed by atoms with Crippen molar-refractivity contribution in [3.63, 3.8) is 0 Å². The third-order valence-corrected chi connectivity index (χ3v) is 1.40. The van der Waals surface area contributed by atoms with Gasteiger partial charge in [0.05, 0.1) is 13.2 Å². The minimum Gasteiger partial charge on any atom is -0.466 e.